The van der Waals surface area contributed by atoms with Gasteiger partial charge in [0, 0.05) is 31.9 Å². The fourth-order valence-electron chi connectivity index (χ4n) is 4.27. The normalized spacial score (nSPS) is 21.0. The van der Waals surface area contributed by atoms with Gasteiger partial charge in [0.15, 0.2) is 29.6 Å². The molecule has 0 saturated heterocycles. The molecule has 0 aromatic heterocycles. The van der Waals surface area contributed by atoms with Crippen LogP contribution in [-0.4, -0.2) is 67.3 Å². The van der Waals surface area contributed by atoms with E-state index in [0.29, 0.717) is 17.1 Å². The van der Waals surface area contributed by atoms with Crippen molar-refractivity contribution in [3.8, 4) is 23.4 Å². The molecule has 13 nitrogen and oxygen atoms in total. The molecule has 0 amide bonds. The monoisotopic (exact) mass is 515 g/mol. The molecule has 0 spiro atoms. The number of nitrogens with two attached hydrogens (primary N) is 1. The van der Waals surface area contributed by atoms with E-state index < -0.39 is 29.0 Å². The van der Waals surface area contributed by atoms with Crippen molar-refractivity contribution in [2.75, 3.05) is 28.4 Å². The van der Waals surface area contributed by atoms with Crippen molar-refractivity contribution in [2.24, 2.45) is 10.7 Å². The van der Waals surface area contributed by atoms with Gasteiger partial charge in [0.25, 0.3) is 5.69 Å². The smallest absolute Gasteiger partial charge is 0.270 e. The van der Waals surface area contributed by atoms with Crippen LogP contribution in [0.4, 0.5) is 5.69 Å². The summed E-state index contributed by atoms with van der Waals surface area (Å²) in [5.74, 6) is 0.994. The molecule has 1 aliphatic rings. The molecule has 0 bridgehead atoms. The minimum absolute atomic E-state index is 0.0709. The summed E-state index contributed by atoms with van der Waals surface area (Å²) in [7, 11) is 5.77. The fourth-order valence-corrected chi connectivity index (χ4v) is 4.27. The Morgan fingerprint density at radius 1 is 1.24 bits per heavy atom. The standard InChI is InChI=1S/C24H29N5O8/c1-24(22(35-4)36-5)21(30)20(16-11-15(29(31)32)7-9-17(16)37-24)28(13-25)23(26)27-12-14-6-8-18(33-2)19(10-14)34-3/h6-11,20-22,30H,12H2,1-5H3,(H2,26,27). The third-order valence-corrected chi connectivity index (χ3v) is 6.14. The Morgan fingerprint density at radius 3 is 2.49 bits per heavy atom. The van der Waals surface area contributed by atoms with Gasteiger partial charge in [0.05, 0.1) is 25.7 Å². The predicted molar refractivity (Wildman–Crippen MR) is 131 cm³/mol. The number of aliphatic hydroxyl groups is 1. The van der Waals surface area contributed by atoms with E-state index in [1.165, 1.54) is 46.6 Å². The molecule has 198 valence electrons. The number of benzene rings is 2. The second-order valence-electron chi connectivity index (χ2n) is 8.29. The van der Waals surface area contributed by atoms with Crippen LogP contribution in [0.1, 0.15) is 24.1 Å². The molecule has 3 N–H and O–H groups in total. The van der Waals surface area contributed by atoms with E-state index >= 15 is 0 Å². The van der Waals surface area contributed by atoms with Gasteiger partial charge < -0.3 is 34.5 Å². The Balaban J connectivity index is 2.06. The number of methoxy groups -OCH3 is 4. The first-order valence-corrected chi connectivity index (χ1v) is 11.1. The Hall–Kier alpha value is -4.12. The van der Waals surface area contributed by atoms with Crippen LogP contribution in [0.5, 0.6) is 17.2 Å². The van der Waals surface area contributed by atoms with Crippen molar-refractivity contribution >= 4 is 11.6 Å². The van der Waals surface area contributed by atoms with Gasteiger partial charge in [-0.1, -0.05) is 6.07 Å². The van der Waals surface area contributed by atoms with Gasteiger partial charge in [-0.3, -0.25) is 10.1 Å². The van der Waals surface area contributed by atoms with Crippen LogP contribution in [0.3, 0.4) is 0 Å². The lowest BCUT2D eigenvalue weighted by Gasteiger charge is -2.47. The van der Waals surface area contributed by atoms with Crippen LogP contribution in [-0.2, 0) is 16.0 Å². The number of nitrogens with zero attached hydrogens (tertiary/aromatic N) is 4. The lowest BCUT2D eigenvalue weighted by Crippen LogP contribution is -2.62. The first-order chi connectivity index (χ1) is 17.6. The first-order valence-electron chi connectivity index (χ1n) is 11.1. The van der Waals surface area contributed by atoms with E-state index in [4.69, 9.17) is 29.4 Å². The largest absolute Gasteiger partial charge is 0.493 e. The molecule has 1 heterocycles. The van der Waals surface area contributed by atoms with E-state index in [9.17, 15) is 20.5 Å². The summed E-state index contributed by atoms with van der Waals surface area (Å²) in [4.78, 5) is 16.2. The lowest BCUT2D eigenvalue weighted by molar-refractivity contribution is -0.385. The minimum atomic E-state index is -1.52. The van der Waals surface area contributed by atoms with Crippen LogP contribution in [0.25, 0.3) is 0 Å². The van der Waals surface area contributed by atoms with Crippen LogP contribution in [0.2, 0.25) is 0 Å². The average Bonchev–Trinajstić information content (AvgIpc) is 2.90. The Labute approximate surface area is 213 Å². The summed E-state index contributed by atoms with van der Waals surface area (Å²) in [6.45, 7) is 1.61. The van der Waals surface area contributed by atoms with Crippen molar-refractivity contribution in [3.05, 3.63) is 57.6 Å². The zero-order chi connectivity index (χ0) is 27.3. The maximum absolute atomic E-state index is 11.5. The topological polar surface area (TPSA) is 175 Å². The number of nitriles is 1. The maximum Gasteiger partial charge on any atom is 0.270 e. The van der Waals surface area contributed by atoms with Crippen molar-refractivity contribution in [3.63, 3.8) is 0 Å². The molecule has 0 fully saturated rings. The van der Waals surface area contributed by atoms with Crippen LogP contribution in [0.15, 0.2) is 41.4 Å². The predicted octanol–water partition coefficient (Wildman–Crippen LogP) is 2.08. The summed E-state index contributed by atoms with van der Waals surface area (Å²) < 4.78 is 27.3. The number of ether oxygens (including phenoxy) is 5. The summed E-state index contributed by atoms with van der Waals surface area (Å²) in [6.07, 6.45) is -0.594. The van der Waals surface area contributed by atoms with Crippen LogP contribution >= 0.6 is 0 Å². The highest BCUT2D eigenvalue weighted by Gasteiger charge is 2.54. The molecule has 0 radical (unpaired) electrons. The second-order valence-corrected chi connectivity index (χ2v) is 8.29. The summed E-state index contributed by atoms with van der Waals surface area (Å²) >= 11 is 0. The Morgan fingerprint density at radius 2 is 1.92 bits per heavy atom. The van der Waals surface area contributed by atoms with Crippen molar-refractivity contribution in [1.82, 2.24) is 4.90 Å². The molecular formula is C24H29N5O8. The van der Waals surface area contributed by atoms with E-state index in [1.807, 2.05) is 6.19 Å². The van der Waals surface area contributed by atoms with Crippen molar-refractivity contribution in [2.45, 2.75) is 37.5 Å². The van der Waals surface area contributed by atoms with Gasteiger partial charge in [-0.05, 0) is 30.7 Å². The van der Waals surface area contributed by atoms with Crippen molar-refractivity contribution in [1.29, 1.82) is 5.26 Å². The number of rotatable bonds is 9. The molecule has 3 rings (SSSR count). The van der Waals surface area contributed by atoms with E-state index in [0.717, 1.165) is 4.90 Å². The Bertz CT molecular complexity index is 1210. The molecular weight excluding hydrogens is 486 g/mol. The first kappa shape index (κ1) is 27.5. The molecule has 37 heavy (non-hydrogen) atoms. The van der Waals surface area contributed by atoms with Gasteiger partial charge in [-0.25, -0.2) is 9.89 Å². The minimum Gasteiger partial charge on any atom is -0.493 e. The van der Waals surface area contributed by atoms with Crippen LogP contribution < -0.4 is 19.9 Å². The number of non-ortho nitro benzene ring substituents is 1. The molecule has 0 aliphatic carbocycles. The van der Waals surface area contributed by atoms with E-state index in [1.54, 1.807) is 25.1 Å². The van der Waals surface area contributed by atoms with E-state index in [-0.39, 0.29) is 29.5 Å². The molecule has 1 aliphatic heterocycles. The Kier molecular flexibility index (Phi) is 8.38. The number of aliphatic hydroxyl groups excluding tert-OH is 1. The number of hydrogen-bond acceptors (Lipinski definition) is 10. The number of nitro groups is 1. The maximum atomic E-state index is 11.5. The zero-order valence-electron chi connectivity index (χ0n) is 21.1. The number of guanidine groups is 1. The zero-order valence-corrected chi connectivity index (χ0v) is 21.1. The third kappa shape index (κ3) is 5.21. The lowest BCUT2D eigenvalue weighted by atomic mass is 9.83. The van der Waals surface area contributed by atoms with Crippen LogP contribution in [0, 0.1) is 21.6 Å². The highest BCUT2D eigenvalue weighted by atomic mass is 16.7. The third-order valence-electron chi connectivity index (χ3n) is 6.14. The average molecular weight is 516 g/mol. The molecule has 0 saturated carbocycles. The van der Waals surface area contributed by atoms with Gasteiger partial charge in [-0.15, -0.1) is 0 Å². The van der Waals surface area contributed by atoms with Gasteiger partial charge in [0.1, 0.15) is 17.9 Å². The van der Waals surface area contributed by atoms with E-state index in [2.05, 4.69) is 4.99 Å². The highest BCUT2D eigenvalue weighted by Crippen LogP contribution is 2.46. The summed E-state index contributed by atoms with van der Waals surface area (Å²) in [5.41, 5.74) is 5.35. The van der Waals surface area contributed by atoms with Gasteiger partial charge in [-0.2, -0.15) is 5.26 Å². The molecule has 13 heteroatoms. The quantitative estimate of drug-likeness (QED) is 0.0951. The number of hydrogen-bond donors (Lipinski definition) is 2. The SMILES string of the molecule is COc1ccc(CN=C(N)N(C#N)C2c3cc([N+](=O)[O-])ccc3OC(C)(C(OC)OC)C2O)cc1OC. The molecule has 3 atom stereocenters. The number of fused-ring (bicyclic) bond motifs is 1. The summed E-state index contributed by atoms with van der Waals surface area (Å²) in [5, 5.41) is 33.0. The van der Waals surface area contributed by atoms with Gasteiger partial charge in [0.2, 0.25) is 5.96 Å². The molecule has 2 aromatic rings. The number of aliphatic imine (C=N–C) groups is 1. The second kappa shape index (κ2) is 11.3. The fraction of sp³-hybridized carbons (Fsp3) is 0.417. The highest BCUT2D eigenvalue weighted by molar-refractivity contribution is 5.80. The number of nitro benzene ring substituents is 1. The molecule has 3 unspecified atom stereocenters. The summed E-state index contributed by atoms with van der Waals surface area (Å²) in [6, 6.07) is 7.85. The molecule has 2 aromatic carbocycles. The van der Waals surface area contributed by atoms with Gasteiger partial charge >= 0.3 is 0 Å². The van der Waals surface area contributed by atoms with Crippen molar-refractivity contribution < 1.29 is 33.7 Å².